The maximum atomic E-state index is 11.7. The van der Waals surface area contributed by atoms with Gasteiger partial charge < -0.3 is 19.3 Å². The Morgan fingerprint density at radius 1 is 1.44 bits per heavy atom. The Morgan fingerprint density at radius 3 is 2.78 bits per heavy atom. The van der Waals surface area contributed by atoms with Gasteiger partial charge in [0.1, 0.15) is 12.7 Å². The third kappa shape index (κ3) is 3.07. The molecule has 1 aromatic rings. The van der Waals surface area contributed by atoms with Gasteiger partial charge in [-0.2, -0.15) is 0 Å². The third-order valence-corrected chi connectivity index (χ3v) is 2.84. The van der Waals surface area contributed by atoms with Gasteiger partial charge in [-0.05, 0) is 12.1 Å². The summed E-state index contributed by atoms with van der Waals surface area (Å²) in [7, 11) is 1.51. The fraction of sp³-hybridized carbons (Fsp3) is 0.462. The van der Waals surface area contributed by atoms with Gasteiger partial charge in [-0.25, -0.2) is 4.79 Å². The summed E-state index contributed by atoms with van der Waals surface area (Å²) in [6.07, 6.45) is -1.23. The lowest BCUT2D eigenvalue weighted by Gasteiger charge is -2.14. The number of hydrogen-bond acceptors (Lipinski definition) is 5. The molecule has 1 aromatic carbocycles. The Balaban J connectivity index is 1.83. The van der Waals surface area contributed by atoms with Gasteiger partial charge in [0.05, 0.1) is 11.7 Å². The average molecular weight is 252 g/mol. The first kappa shape index (κ1) is 13.0. The lowest BCUT2D eigenvalue weighted by Crippen LogP contribution is -2.28. The van der Waals surface area contributed by atoms with E-state index in [9.17, 15) is 9.90 Å². The van der Waals surface area contributed by atoms with Crippen LogP contribution in [-0.4, -0.2) is 43.3 Å². The summed E-state index contributed by atoms with van der Waals surface area (Å²) in [4.78, 5) is 11.7. The molecule has 1 N–H and O–H groups in total. The molecule has 1 heterocycles. The fourth-order valence-electron chi connectivity index (χ4n) is 1.81. The van der Waals surface area contributed by atoms with Gasteiger partial charge in [0, 0.05) is 13.5 Å². The molecule has 18 heavy (non-hydrogen) atoms. The van der Waals surface area contributed by atoms with Crippen LogP contribution in [-0.2, 0) is 14.2 Å². The number of carbonyl (C=O) groups excluding carboxylic acids is 1. The van der Waals surface area contributed by atoms with Crippen molar-refractivity contribution in [1.29, 1.82) is 0 Å². The Bertz CT molecular complexity index is 392. The van der Waals surface area contributed by atoms with Gasteiger partial charge in [-0.3, -0.25) is 0 Å². The second-order valence-corrected chi connectivity index (χ2v) is 4.11. The van der Waals surface area contributed by atoms with Crippen molar-refractivity contribution in [3.05, 3.63) is 35.9 Å². The number of benzene rings is 1. The Morgan fingerprint density at radius 2 is 2.17 bits per heavy atom. The van der Waals surface area contributed by atoms with Crippen molar-refractivity contribution >= 4 is 5.97 Å². The number of methoxy groups -OCH3 is 1. The van der Waals surface area contributed by atoms with Crippen LogP contribution in [0.1, 0.15) is 16.8 Å². The quantitative estimate of drug-likeness (QED) is 0.809. The number of rotatable bonds is 4. The van der Waals surface area contributed by atoms with E-state index in [1.165, 1.54) is 7.11 Å². The molecule has 3 atom stereocenters. The zero-order valence-electron chi connectivity index (χ0n) is 10.1. The lowest BCUT2D eigenvalue weighted by molar-refractivity contribution is -0.128. The Kier molecular flexibility index (Phi) is 4.30. The number of hydrogen-bond donors (Lipinski definition) is 1. The molecule has 0 aliphatic carbocycles. The van der Waals surface area contributed by atoms with Gasteiger partial charge in [0.2, 0.25) is 0 Å². The molecular formula is C13H16O5. The van der Waals surface area contributed by atoms with E-state index in [1.54, 1.807) is 24.3 Å². The highest BCUT2D eigenvalue weighted by Gasteiger charge is 2.34. The number of aliphatic hydroxyl groups excluding tert-OH is 1. The molecule has 2 rings (SSSR count). The highest BCUT2D eigenvalue weighted by Crippen LogP contribution is 2.21. The molecule has 0 aromatic heterocycles. The summed E-state index contributed by atoms with van der Waals surface area (Å²) in [6, 6.07) is 8.69. The van der Waals surface area contributed by atoms with Crippen LogP contribution >= 0.6 is 0 Å². The highest BCUT2D eigenvalue weighted by atomic mass is 16.7. The van der Waals surface area contributed by atoms with E-state index in [2.05, 4.69) is 0 Å². The largest absolute Gasteiger partial charge is 0.459 e. The van der Waals surface area contributed by atoms with Crippen LogP contribution in [0.15, 0.2) is 30.3 Å². The van der Waals surface area contributed by atoms with E-state index in [0.29, 0.717) is 12.0 Å². The summed E-state index contributed by atoms with van der Waals surface area (Å²) in [5.74, 6) is -0.424. The smallest absolute Gasteiger partial charge is 0.338 e. The van der Waals surface area contributed by atoms with Crippen molar-refractivity contribution in [1.82, 2.24) is 0 Å². The molecule has 0 amide bonds. The molecule has 1 aliphatic heterocycles. The van der Waals surface area contributed by atoms with Gasteiger partial charge in [0.15, 0.2) is 6.29 Å². The second kappa shape index (κ2) is 5.95. The van der Waals surface area contributed by atoms with Gasteiger partial charge >= 0.3 is 5.97 Å². The average Bonchev–Trinajstić information content (AvgIpc) is 2.77. The van der Waals surface area contributed by atoms with Gasteiger partial charge in [0.25, 0.3) is 0 Å². The van der Waals surface area contributed by atoms with E-state index in [0.717, 1.165) is 0 Å². The summed E-state index contributed by atoms with van der Waals surface area (Å²) in [6.45, 7) is 0.0226. The maximum Gasteiger partial charge on any atom is 0.338 e. The predicted octanol–water partition coefficient (Wildman–Crippen LogP) is 0.966. The van der Waals surface area contributed by atoms with Crippen molar-refractivity contribution in [2.24, 2.45) is 0 Å². The number of aliphatic hydroxyl groups is 1. The normalized spacial score (nSPS) is 27.1. The standard InChI is InChI=1S/C13H16O5/c1-16-12-7-10(14)11(18-12)8-17-13(15)9-5-3-2-4-6-9/h2-6,10-12,14H,7-8H2,1H3/t10-,11+,12+/m1/s1. The van der Waals surface area contributed by atoms with Crippen molar-refractivity contribution in [2.45, 2.75) is 24.9 Å². The molecule has 0 saturated carbocycles. The minimum Gasteiger partial charge on any atom is -0.459 e. The SMILES string of the molecule is CO[C@@H]1C[C@@H](O)[C@H](COC(=O)c2ccccc2)O1. The first-order valence-corrected chi connectivity index (χ1v) is 5.79. The number of ether oxygens (including phenoxy) is 3. The molecule has 1 fully saturated rings. The Labute approximate surface area is 105 Å². The highest BCUT2D eigenvalue weighted by molar-refractivity contribution is 5.89. The zero-order chi connectivity index (χ0) is 13.0. The van der Waals surface area contributed by atoms with Gasteiger partial charge in [-0.1, -0.05) is 18.2 Å². The first-order chi connectivity index (χ1) is 8.70. The zero-order valence-corrected chi connectivity index (χ0v) is 10.1. The number of carbonyl (C=O) groups is 1. The maximum absolute atomic E-state index is 11.7. The predicted molar refractivity (Wildman–Crippen MR) is 63.0 cm³/mol. The molecular weight excluding hydrogens is 236 g/mol. The van der Waals surface area contributed by atoms with E-state index < -0.39 is 24.5 Å². The summed E-state index contributed by atoms with van der Waals surface area (Å²) in [5, 5.41) is 9.68. The number of esters is 1. The molecule has 5 heteroatoms. The first-order valence-electron chi connectivity index (χ1n) is 5.79. The van der Waals surface area contributed by atoms with E-state index >= 15 is 0 Å². The Hall–Kier alpha value is -1.43. The van der Waals surface area contributed by atoms with Gasteiger partial charge in [-0.15, -0.1) is 0 Å². The van der Waals surface area contributed by atoms with Crippen LogP contribution in [0.5, 0.6) is 0 Å². The molecule has 1 aliphatic rings. The van der Waals surface area contributed by atoms with Crippen LogP contribution in [0.2, 0.25) is 0 Å². The molecule has 0 unspecified atom stereocenters. The van der Waals surface area contributed by atoms with Crippen molar-refractivity contribution in [3.8, 4) is 0 Å². The molecule has 98 valence electrons. The van der Waals surface area contributed by atoms with E-state index in [-0.39, 0.29) is 6.61 Å². The summed E-state index contributed by atoms with van der Waals surface area (Å²) >= 11 is 0. The molecule has 1 saturated heterocycles. The van der Waals surface area contributed by atoms with Crippen LogP contribution in [0, 0.1) is 0 Å². The third-order valence-electron chi connectivity index (χ3n) is 2.84. The van der Waals surface area contributed by atoms with Crippen LogP contribution in [0.4, 0.5) is 0 Å². The monoisotopic (exact) mass is 252 g/mol. The van der Waals surface area contributed by atoms with E-state index in [1.807, 2.05) is 6.07 Å². The minimum absolute atomic E-state index is 0.0226. The van der Waals surface area contributed by atoms with Crippen molar-refractivity contribution < 1.29 is 24.1 Å². The van der Waals surface area contributed by atoms with Crippen LogP contribution in [0.25, 0.3) is 0 Å². The topological polar surface area (TPSA) is 65.0 Å². The molecule has 0 spiro atoms. The molecule has 0 radical (unpaired) electrons. The minimum atomic E-state index is -0.668. The summed E-state index contributed by atoms with van der Waals surface area (Å²) < 4.78 is 15.4. The fourth-order valence-corrected chi connectivity index (χ4v) is 1.81. The van der Waals surface area contributed by atoms with E-state index in [4.69, 9.17) is 14.2 Å². The van der Waals surface area contributed by atoms with Crippen LogP contribution < -0.4 is 0 Å². The van der Waals surface area contributed by atoms with Crippen molar-refractivity contribution in [2.75, 3.05) is 13.7 Å². The molecule has 5 nitrogen and oxygen atoms in total. The lowest BCUT2D eigenvalue weighted by atomic mass is 10.2. The van der Waals surface area contributed by atoms with Crippen LogP contribution in [0.3, 0.4) is 0 Å². The second-order valence-electron chi connectivity index (χ2n) is 4.11. The molecule has 0 bridgehead atoms. The summed E-state index contributed by atoms with van der Waals surface area (Å²) in [5.41, 5.74) is 0.480. The van der Waals surface area contributed by atoms with Crippen molar-refractivity contribution in [3.63, 3.8) is 0 Å².